The Balaban J connectivity index is 1.50. The SMILES string of the molecule is Cn1cccc1C(=O)N[C@@H]1CCN2C(=O)N(c3ccc(F)c(Cl)c3)C(=O)[C@@H]2C1. The zero-order valence-electron chi connectivity index (χ0n) is 15.1. The smallest absolute Gasteiger partial charge is 0.332 e. The van der Waals surface area contributed by atoms with Crippen LogP contribution in [-0.4, -0.2) is 45.9 Å². The summed E-state index contributed by atoms with van der Waals surface area (Å²) in [6, 6.07) is 5.89. The number of piperidine rings is 1. The first kappa shape index (κ1) is 18.5. The van der Waals surface area contributed by atoms with E-state index in [4.69, 9.17) is 11.6 Å². The zero-order chi connectivity index (χ0) is 20.0. The van der Waals surface area contributed by atoms with Crippen LogP contribution in [0.2, 0.25) is 5.02 Å². The number of amides is 4. The number of nitrogens with zero attached hydrogens (tertiary/aromatic N) is 3. The van der Waals surface area contributed by atoms with Crippen molar-refractivity contribution in [2.24, 2.45) is 7.05 Å². The Kier molecular flexibility index (Phi) is 4.58. The van der Waals surface area contributed by atoms with Crippen LogP contribution in [0.15, 0.2) is 36.5 Å². The molecule has 2 fully saturated rings. The van der Waals surface area contributed by atoms with E-state index >= 15 is 0 Å². The van der Waals surface area contributed by atoms with Gasteiger partial charge in [0.15, 0.2) is 0 Å². The van der Waals surface area contributed by atoms with Crippen molar-refractivity contribution >= 4 is 35.1 Å². The van der Waals surface area contributed by atoms with Gasteiger partial charge in [0.25, 0.3) is 11.8 Å². The summed E-state index contributed by atoms with van der Waals surface area (Å²) in [5.41, 5.74) is 0.763. The van der Waals surface area contributed by atoms with Crippen molar-refractivity contribution in [3.05, 3.63) is 53.1 Å². The van der Waals surface area contributed by atoms with Gasteiger partial charge in [0, 0.05) is 25.8 Å². The molecule has 9 heteroatoms. The number of imide groups is 1. The summed E-state index contributed by atoms with van der Waals surface area (Å²) < 4.78 is 15.1. The monoisotopic (exact) mass is 404 g/mol. The molecule has 0 bridgehead atoms. The molecule has 28 heavy (non-hydrogen) atoms. The largest absolute Gasteiger partial charge is 0.348 e. The quantitative estimate of drug-likeness (QED) is 0.799. The number of hydrogen-bond acceptors (Lipinski definition) is 3. The summed E-state index contributed by atoms with van der Waals surface area (Å²) in [5, 5.41) is 2.79. The van der Waals surface area contributed by atoms with Crippen LogP contribution in [0.1, 0.15) is 23.3 Å². The fraction of sp³-hybridized carbons (Fsp3) is 0.316. The molecule has 2 atom stereocenters. The van der Waals surface area contributed by atoms with E-state index in [1.54, 1.807) is 29.9 Å². The highest BCUT2D eigenvalue weighted by atomic mass is 35.5. The van der Waals surface area contributed by atoms with E-state index in [0.29, 0.717) is 25.1 Å². The Hall–Kier alpha value is -2.87. The molecular weight excluding hydrogens is 387 g/mol. The van der Waals surface area contributed by atoms with Crippen molar-refractivity contribution in [1.82, 2.24) is 14.8 Å². The van der Waals surface area contributed by atoms with Crippen molar-refractivity contribution in [3.63, 3.8) is 0 Å². The van der Waals surface area contributed by atoms with Crippen molar-refractivity contribution in [1.29, 1.82) is 0 Å². The predicted octanol–water partition coefficient (Wildman–Crippen LogP) is 2.55. The highest BCUT2D eigenvalue weighted by Crippen LogP contribution is 2.32. The van der Waals surface area contributed by atoms with Crippen LogP contribution in [0.4, 0.5) is 14.9 Å². The van der Waals surface area contributed by atoms with E-state index < -0.39 is 23.8 Å². The molecule has 0 unspecified atom stereocenters. The summed E-state index contributed by atoms with van der Waals surface area (Å²) in [6.45, 7) is 0.346. The van der Waals surface area contributed by atoms with Crippen LogP contribution in [0.5, 0.6) is 0 Å². The third kappa shape index (κ3) is 3.03. The number of urea groups is 1. The molecule has 0 spiro atoms. The number of aromatic nitrogens is 1. The number of nitrogens with one attached hydrogen (secondary N) is 1. The molecule has 0 saturated carbocycles. The maximum atomic E-state index is 13.4. The molecular formula is C19H18ClFN4O3. The molecule has 7 nitrogen and oxygen atoms in total. The Labute approximate surface area is 165 Å². The van der Waals surface area contributed by atoms with Gasteiger partial charge in [-0.1, -0.05) is 11.6 Å². The second kappa shape index (κ2) is 6.94. The van der Waals surface area contributed by atoms with Gasteiger partial charge in [0.1, 0.15) is 17.6 Å². The lowest BCUT2D eigenvalue weighted by molar-refractivity contribution is -0.120. The van der Waals surface area contributed by atoms with Gasteiger partial charge >= 0.3 is 6.03 Å². The molecule has 1 aromatic carbocycles. The molecule has 2 aliphatic rings. The number of rotatable bonds is 3. The summed E-state index contributed by atoms with van der Waals surface area (Å²) in [7, 11) is 1.78. The Morgan fingerprint density at radius 1 is 1.29 bits per heavy atom. The average Bonchev–Trinajstić information content (AvgIpc) is 3.19. The molecule has 0 radical (unpaired) electrons. The fourth-order valence-corrected chi connectivity index (χ4v) is 3.92. The second-order valence-electron chi connectivity index (χ2n) is 6.96. The van der Waals surface area contributed by atoms with E-state index in [1.165, 1.54) is 17.0 Å². The summed E-state index contributed by atoms with van der Waals surface area (Å²) >= 11 is 5.80. The van der Waals surface area contributed by atoms with Gasteiger partial charge in [-0.2, -0.15) is 0 Å². The summed E-state index contributed by atoms with van der Waals surface area (Å²) in [6.07, 6.45) is 2.65. The molecule has 4 amide bonds. The number of fused-ring (bicyclic) bond motifs is 1. The van der Waals surface area contributed by atoms with Gasteiger partial charge in [-0.15, -0.1) is 0 Å². The van der Waals surface area contributed by atoms with E-state index in [-0.39, 0.29) is 22.7 Å². The summed E-state index contributed by atoms with van der Waals surface area (Å²) in [4.78, 5) is 40.5. The highest BCUT2D eigenvalue weighted by Gasteiger charge is 2.48. The van der Waals surface area contributed by atoms with Crippen molar-refractivity contribution in [2.75, 3.05) is 11.4 Å². The van der Waals surface area contributed by atoms with Crippen LogP contribution in [0, 0.1) is 5.82 Å². The van der Waals surface area contributed by atoms with Crippen LogP contribution in [0.3, 0.4) is 0 Å². The molecule has 3 heterocycles. The lowest BCUT2D eigenvalue weighted by Crippen LogP contribution is -2.50. The molecule has 4 rings (SSSR count). The van der Waals surface area contributed by atoms with Crippen LogP contribution >= 0.6 is 11.6 Å². The minimum Gasteiger partial charge on any atom is -0.348 e. The zero-order valence-corrected chi connectivity index (χ0v) is 15.8. The molecule has 2 aromatic rings. The number of anilines is 1. The molecule has 146 valence electrons. The number of carbonyl (C=O) groups excluding carboxylic acids is 3. The fourth-order valence-electron chi connectivity index (χ4n) is 3.75. The second-order valence-corrected chi connectivity index (χ2v) is 7.37. The highest BCUT2D eigenvalue weighted by molar-refractivity contribution is 6.31. The van der Waals surface area contributed by atoms with Crippen molar-refractivity contribution < 1.29 is 18.8 Å². The minimum atomic E-state index is -0.663. The first-order chi connectivity index (χ1) is 13.4. The number of hydrogen-bond donors (Lipinski definition) is 1. The number of aryl methyl sites for hydroxylation is 1. The van der Waals surface area contributed by atoms with Gasteiger partial charge in [0.05, 0.1) is 10.7 Å². The van der Waals surface area contributed by atoms with Gasteiger partial charge < -0.3 is 14.8 Å². The van der Waals surface area contributed by atoms with E-state index in [9.17, 15) is 18.8 Å². The van der Waals surface area contributed by atoms with Crippen molar-refractivity contribution in [2.45, 2.75) is 24.9 Å². The first-order valence-electron chi connectivity index (χ1n) is 8.88. The third-order valence-corrected chi connectivity index (χ3v) is 5.51. The maximum Gasteiger partial charge on any atom is 0.332 e. The Morgan fingerprint density at radius 3 is 2.75 bits per heavy atom. The molecule has 1 aromatic heterocycles. The Morgan fingerprint density at radius 2 is 2.07 bits per heavy atom. The lowest BCUT2D eigenvalue weighted by Gasteiger charge is -2.32. The normalized spacial score (nSPS) is 21.8. The molecule has 2 aliphatic heterocycles. The van der Waals surface area contributed by atoms with Gasteiger partial charge in [-0.25, -0.2) is 14.1 Å². The average molecular weight is 405 g/mol. The van der Waals surface area contributed by atoms with E-state index in [2.05, 4.69) is 5.32 Å². The van der Waals surface area contributed by atoms with Gasteiger partial charge in [0.2, 0.25) is 0 Å². The lowest BCUT2D eigenvalue weighted by atomic mass is 9.98. The van der Waals surface area contributed by atoms with Crippen LogP contribution in [0.25, 0.3) is 0 Å². The van der Waals surface area contributed by atoms with Gasteiger partial charge in [-0.3, -0.25) is 9.59 Å². The standard InChI is InChI=1S/C19H18ClFN4O3/c1-23-7-2-3-15(23)17(26)22-11-6-8-24-16(9-11)18(27)25(19(24)28)12-4-5-14(21)13(20)10-12/h2-5,7,10-11,16H,6,8-9H2,1H3,(H,22,26)/t11-,16+/m1/s1. The predicted molar refractivity (Wildman–Crippen MR) is 101 cm³/mol. The molecule has 1 N–H and O–H groups in total. The van der Waals surface area contributed by atoms with Crippen LogP contribution in [-0.2, 0) is 11.8 Å². The Bertz CT molecular complexity index is 976. The molecule has 0 aliphatic carbocycles. The van der Waals surface area contributed by atoms with E-state index in [1.807, 2.05) is 0 Å². The number of carbonyl (C=O) groups is 3. The summed E-state index contributed by atoms with van der Waals surface area (Å²) in [5.74, 6) is -1.24. The van der Waals surface area contributed by atoms with Gasteiger partial charge in [-0.05, 0) is 43.2 Å². The molecule has 2 saturated heterocycles. The third-order valence-electron chi connectivity index (χ3n) is 5.22. The first-order valence-corrected chi connectivity index (χ1v) is 9.26. The van der Waals surface area contributed by atoms with Crippen molar-refractivity contribution in [3.8, 4) is 0 Å². The minimum absolute atomic E-state index is 0.157. The van der Waals surface area contributed by atoms with Crippen LogP contribution < -0.4 is 10.2 Å². The number of halogens is 2. The topological polar surface area (TPSA) is 74.7 Å². The van der Waals surface area contributed by atoms with E-state index in [0.717, 1.165) is 11.0 Å². The maximum absolute atomic E-state index is 13.4. The number of benzene rings is 1.